The molecule has 160 valence electrons. The van der Waals surface area contributed by atoms with Gasteiger partial charge in [-0.2, -0.15) is 0 Å². The van der Waals surface area contributed by atoms with Crippen molar-refractivity contribution in [2.45, 2.75) is 69.6 Å². The largest absolute Gasteiger partial charge is 0.353 e. The summed E-state index contributed by atoms with van der Waals surface area (Å²) in [7, 11) is 0. The molecule has 1 atom stereocenters. The molecule has 1 aliphatic heterocycles. The Morgan fingerprint density at radius 3 is 2.69 bits per heavy atom. The SMILES string of the molecule is CCC(=O)N1CCN(c2cc(Cl)nc(SCC(=O)NC3CCCCC3)n2)CC1C. The van der Waals surface area contributed by atoms with E-state index in [0.717, 1.165) is 18.7 Å². The zero-order valence-corrected chi connectivity index (χ0v) is 18.8. The first-order chi connectivity index (χ1) is 14.0. The Morgan fingerprint density at radius 1 is 1.24 bits per heavy atom. The van der Waals surface area contributed by atoms with Gasteiger partial charge in [-0.05, 0) is 19.8 Å². The fraction of sp³-hybridized carbons (Fsp3) is 0.700. The number of rotatable bonds is 6. The molecule has 0 aromatic carbocycles. The van der Waals surface area contributed by atoms with Crippen molar-refractivity contribution >= 4 is 41.0 Å². The molecule has 0 bridgehead atoms. The summed E-state index contributed by atoms with van der Waals surface area (Å²) in [5.41, 5.74) is 0. The van der Waals surface area contributed by atoms with Crippen molar-refractivity contribution in [3.63, 3.8) is 0 Å². The number of carbonyl (C=O) groups is 2. The Kier molecular flexibility index (Phi) is 8.00. The second-order valence-corrected chi connectivity index (χ2v) is 9.09. The first-order valence-corrected chi connectivity index (χ1v) is 11.8. The van der Waals surface area contributed by atoms with E-state index in [9.17, 15) is 9.59 Å². The van der Waals surface area contributed by atoms with Crippen LogP contribution in [0, 0.1) is 0 Å². The summed E-state index contributed by atoms with van der Waals surface area (Å²) >= 11 is 7.53. The van der Waals surface area contributed by atoms with Gasteiger partial charge in [0.2, 0.25) is 11.8 Å². The molecule has 0 radical (unpaired) electrons. The molecule has 3 rings (SSSR count). The van der Waals surface area contributed by atoms with E-state index in [1.165, 1.54) is 31.0 Å². The van der Waals surface area contributed by atoms with Crippen molar-refractivity contribution in [1.82, 2.24) is 20.2 Å². The van der Waals surface area contributed by atoms with Crippen LogP contribution in [0.5, 0.6) is 0 Å². The predicted octanol–water partition coefficient (Wildman–Crippen LogP) is 3.12. The number of anilines is 1. The monoisotopic (exact) mass is 439 g/mol. The fourth-order valence-electron chi connectivity index (χ4n) is 4.00. The van der Waals surface area contributed by atoms with E-state index in [-0.39, 0.29) is 23.6 Å². The third-order valence-corrected chi connectivity index (χ3v) is 6.58. The molecule has 1 aromatic rings. The van der Waals surface area contributed by atoms with E-state index < -0.39 is 0 Å². The normalized spacial score (nSPS) is 20.6. The lowest BCUT2D eigenvalue weighted by atomic mass is 9.95. The van der Waals surface area contributed by atoms with Crippen LogP contribution >= 0.6 is 23.4 Å². The third-order valence-electron chi connectivity index (χ3n) is 5.54. The number of piperazine rings is 1. The third kappa shape index (κ3) is 6.22. The van der Waals surface area contributed by atoms with Crippen LogP contribution < -0.4 is 10.2 Å². The van der Waals surface area contributed by atoms with Gasteiger partial charge in [0.1, 0.15) is 11.0 Å². The lowest BCUT2D eigenvalue weighted by Crippen LogP contribution is -2.54. The van der Waals surface area contributed by atoms with Gasteiger partial charge in [-0.25, -0.2) is 9.97 Å². The molecule has 1 saturated carbocycles. The maximum Gasteiger partial charge on any atom is 0.230 e. The van der Waals surface area contributed by atoms with Crippen LogP contribution in [-0.4, -0.2) is 64.2 Å². The van der Waals surface area contributed by atoms with Crippen LogP contribution in [0.1, 0.15) is 52.4 Å². The van der Waals surface area contributed by atoms with Crippen molar-refractivity contribution < 1.29 is 9.59 Å². The maximum atomic E-state index is 12.3. The van der Waals surface area contributed by atoms with Gasteiger partial charge in [-0.1, -0.05) is 49.5 Å². The quantitative estimate of drug-likeness (QED) is 0.417. The van der Waals surface area contributed by atoms with Crippen molar-refractivity contribution in [2.75, 3.05) is 30.3 Å². The zero-order valence-electron chi connectivity index (χ0n) is 17.2. The molecular weight excluding hydrogens is 410 g/mol. The Hall–Kier alpha value is -1.54. The molecule has 2 heterocycles. The first-order valence-electron chi connectivity index (χ1n) is 10.5. The van der Waals surface area contributed by atoms with Crippen LogP contribution in [0.15, 0.2) is 11.2 Å². The fourth-order valence-corrected chi connectivity index (χ4v) is 4.89. The number of nitrogens with one attached hydrogen (secondary N) is 1. The summed E-state index contributed by atoms with van der Waals surface area (Å²) in [5.74, 6) is 1.23. The van der Waals surface area contributed by atoms with Gasteiger partial charge in [-0.15, -0.1) is 0 Å². The molecule has 29 heavy (non-hydrogen) atoms. The highest BCUT2D eigenvalue weighted by molar-refractivity contribution is 7.99. The minimum atomic E-state index is 0.0207. The standard InChI is InChI=1S/C20H30ClN5O2S/c1-3-19(28)26-10-9-25(12-14(26)2)17-11-16(21)23-20(24-17)29-13-18(27)22-15-7-5-4-6-8-15/h11,14-15H,3-10,12-13H2,1-2H3,(H,22,27). The van der Waals surface area contributed by atoms with E-state index in [1.807, 2.05) is 18.7 Å². The minimum absolute atomic E-state index is 0.0207. The van der Waals surface area contributed by atoms with Crippen LogP contribution in [-0.2, 0) is 9.59 Å². The van der Waals surface area contributed by atoms with E-state index >= 15 is 0 Å². The van der Waals surface area contributed by atoms with Crippen LogP contribution in [0.4, 0.5) is 5.82 Å². The molecule has 1 aromatic heterocycles. The summed E-state index contributed by atoms with van der Waals surface area (Å²) in [6.45, 7) is 6.01. The second kappa shape index (κ2) is 10.5. The molecule has 1 aliphatic carbocycles. The highest BCUT2D eigenvalue weighted by Crippen LogP contribution is 2.24. The second-order valence-electron chi connectivity index (χ2n) is 7.76. The highest BCUT2D eigenvalue weighted by atomic mass is 35.5. The van der Waals surface area contributed by atoms with Crippen molar-refractivity contribution in [3.8, 4) is 0 Å². The lowest BCUT2D eigenvalue weighted by Gasteiger charge is -2.40. The lowest BCUT2D eigenvalue weighted by molar-refractivity contribution is -0.133. The van der Waals surface area contributed by atoms with Gasteiger partial charge in [0.05, 0.1) is 5.75 Å². The number of amides is 2. The van der Waals surface area contributed by atoms with Crippen molar-refractivity contribution in [2.24, 2.45) is 0 Å². The topological polar surface area (TPSA) is 78.4 Å². The van der Waals surface area contributed by atoms with Gasteiger partial charge >= 0.3 is 0 Å². The molecule has 7 nitrogen and oxygen atoms in total. The number of hydrogen-bond acceptors (Lipinski definition) is 6. The highest BCUT2D eigenvalue weighted by Gasteiger charge is 2.27. The van der Waals surface area contributed by atoms with E-state index in [1.54, 1.807) is 6.07 Å². The molecule has 1 saturated heterocycles. The Labute approximate surface area is 182 Å². The van der Waals surface area contributed by atoms with Crippen LogP contribution in [0.3, 0.4) is 0 Å². The molecule has 0 spiro atoms. The van der Waals surface area contributed by atoms with Gasteiger partial charge in [0, 0.05) is 44.2 Å². The molecule has 9 heteroatoms. The molecule has 2 aliphatic rings. The van der Waals surface area contributed by atoms with E-state index in [0.29, 0.717) is 42.4 Å². The smallest absolute Gasteiger partial charge is 0.230 e. The number of halogens is 1. The molecule has 1 unspecified atom stereocenters. The number of aromatic nitrogens is 2. The minimum Gasteiger partial charge on any atom is -0.353 e. The summed E-state index contributed by atoms with van der Waals surface area (Å²) in [5, 5.41) is 3.98. The zero-order chi connectivity index (χ0) is 20.8. The van der Waals surface area contributed by atoms with Gasteiger partial charge in [-0.3, -0.25) is 9.59 Å². The van der Waals surface area contributed by atoms with Crippen LogP contribution in [0.2, 0.25) is 5.15 Å². The molecular formula is C20H30ClN5O2S. The van der Waals surface area contributed by atoms with Crippen molar-refractivity contribution in [1.29, 1.82) is 0 Å². The Morgan fingerprint density at radius 2 is 2.00 bits per heavy atom. The number of hydrogen-bond donors (Lipinski definition) is 1. The van der Waals surface area contributed by atoms with Gasteiger partial charge < -0.3 is 15.1 Å². The molecule has 2 amide bonds. The number of thioether (sulfide) groups is 1. The summed E-state index contributed by atoms with van der Waals surface area (Å²) in [6, 6.07) is 2.16. The van der Waals surface area contributed by atoms with Gasteiger partial charge in [0.15, 0.2) is 5.16 Å². The van der Waals surface area contributed by atoms with E-state index in [4.69, 9.17) is 11.6 Å². The Balaban J connectivity index is 1.57. The van der Waals surface area contributed by atoms with E-state index in [2.05, 4.69) is 20.2 Å². The van der Waals surface area contributed by atoms with Crippen LogP contribution in [0.25, 0.3) is 0 Å². The van der Waals surface area contributed by atoms with Gasteiger partial charge in [0.25, 0.3) is 0 Å². The predicted molar refractivity (Wildman–Crippen MR) is 116 cm³/mol. The first kappa shape index (κ1) is 22.2. The number of nitrogens with zero attached hydrogens (tertiary/aromatic N) is 4. The number of carbonyl (C=O) groups excluding carboxylic acids is 2. The average Bonchev–Trinajstić information content (AvgIpc) is 2.72. The summed E-state index contributed by atoms with van der Waals surface area (Å²) in [6.07, 6.45) is 6.30. The molecule has 1 N–H and O–H groups in total. The van der Waals surface area contributed by atoms with Crippen molar-refractivity contribution in [3.05, 3.63) is 11.2 Å². The Bertz CT molecular complexity index is 729. The summed E-state index contributed by atoms with van der Waals surface area (Å²) in [4.78, 5) is 37.2. The molecule has 2 fully saturated rings. The maximum absolute atomic E-state index is 12.3. The average molecular weight is 440 g/mol. The summed E-state index contributed by atoms with van der Waals surface area (Å²) < 4.78 is 0.